The summed E-state index contributed by atoms with van der Waals surface area (Å²) in [6.07, 6.45) is 5.29. The van der Waals surface area contributed by atoms with Crippen molar-refractivity contribution in [3.05, 3.63) is 126 Å². The van der Waals surface area contributed by atoms with Gasteiger partial charge in [-0.15, -0.1) is 0 Å². The molecule has 0 aliphatic heterocycles. The van der Waals surface area contributed by atoms with Crippen LogP contribution in [0.25, 0.3) is 17.2 Å². The fourth-order valence-electron chi connectivity index (χ4n) is 3.99. The third-order valence-electron chi connectivity index (χ3n) is 6.16. The van der Waals surface area contributed by atoms with Gasteiger partial charge < -0.3 is 10.1 Å². The van der Waals surface area contributed by atoms with Crippen LogP contribution in [-0.2, 0) is 22.6 Å². The maximum Gasteiger partial charge on any atom is 0.331 e. The van der Waals surface area contributed by atoms with Crippen molar-refractivity contribution in [2.45, 2.75) is 26.4 Å². The molecular weight excluding hydrogens is 472 g/mol. The molecule has 0 saturated carbocycles. The molecule has 4 aromatic carbocycles. The van der Waals surface area contributed by atoms with Crippen molar-refractivity contribution in [1.82, 2.24) is 0 Å². The molecule has 0 radical (unpaired) electrons. The number of aryl methyl sites for hydroxylation is 1. The number of hydrogen-bond donors (Lipinski definition) is 1. The molecule has 38 heavy (non-hydrogen) atoms. The summed E-state index contributed by atoms with van der Waals surface area (Å²) in [5.41, 5.74) is 6.65. The van der Waals surface area contributed by atoms with Gasteiger partial charge in [-0.1, -0.05) is 92.2 Å². The number of ether oxygens (including phenoxy) is 1. The van der Waals surface area contributed by atoms with Crippen LogP contribution in [0.3, 0.4) is 0 Å². The average molecular weight is 505 g/mol. The van der Waals surface area contributed by atoms with Crippen molar-refractivity contribution in [3.8, 4) is 11.1 Å². The highest BCUT2D eigenvalue weighted by molar-refractivity contribution is 6.01. The Morgan fingerprint density at radius 3 is 2.26 bits per heavy atom. The van der Waals surface area contributed by atoms with Crippen LogP contribution in [0.5, 0.6) is 0 Å². The Morgan fingerprint density at radius 1 is 0.816 bits per heavy atom. The van der Waals surface area contributed by atoms with Gasteiger partial charge in [-0.05, 0) is 64.6 Å². The van der Waals surface area contributed by atoms with Gasteiger partial charge in [0.1, 0.15) is 6.61 Å². The molecule has 0 fully saturated rings. The minimum atomic E-state index is -0.385. The van der Waals surface area contributed by atoms with Gasteiger partial charge in [0.05, 0.1) is 0 Å². The molecule has 5 nitrogen and oxygen atoms in total. The van der Waals surface area contributed by atoms with Crippen LogP contribution in [0.4, 0.5) is 16.2 Å². The molecule has 192 valence electrons. The van der Waals surface area contributed by atoms with Gasteiger partial charge in [-0.3, -0.25) is 4.90 Å². The number of urea groups is 1. The lowest BCUT2D eigenvalue weighted by atomic mass is 10.0. The Balaban J connectivity index is 1.35. The van der Waals surface area contributed by atoms with Crippen molar-refractivity contribution >= 4 is 29.5 Å². The molecule has 5 heteroatoms. The van der Waals surface area contributed by atoms with E-state index in [1.165, 1.54) is 11.6 Å². The molecule has 0 bridgehead atoms. The van der Waals surface area contributed by atoms with Gasteiger partial charge >= 0.3 is 12.0 Å². The number of anilines is 2. The molecule has 0 saturated heterocycles. The highest BCUT2D eigenvalue weighted by Gasteiger charge is 2.12. The average Bonchev–Trinajstić information content (AvgIpc) is 2.96. The van der Waals surface area contributed by atoms with E-state index in [0.717, 1.165) is 46.5 Å². The lowest BCUT2D eigenvalue weighted by Crippen LogP contribution is -2.31. The summed E-state index contributed by atoms with van der Waals surface area (Å²) in [4.78, 5) is 26.5. The van der Waals surface area contributed by atoms with Gasteiger partial charge in [-0.25, -0.2) is 9.59 Å². The largest absolute Gasteiger partial charge is 0.458 e. The number of amides is 2. The summed E-state index contributed by atoms with van der Waals surface area (Å²) in [6, 6.07) is 33.1. The zero-order chi connectivity index (χ0) is 26.7. The molecule has 0 atom stereocenters. The second-order valence-corrected chi connectivity index (χ2v) is 9.04. The van der Waals surface area contributed by atoms with Gasteiger partial charge in [0.25, 0.3) is 0 Å². The van der Waals surface area contributed by atoms with E-state index in [9.17, 15) is 9.59 Å². The number of nitrogens with zero attached hydrogens (tertiary/aromatic N) is 1. The Kier molecular flexibility index (Phi) is 9.08. The summed E-state index contributed by atoms with van der Waals surface area (Å²) in [6.45, 7) is 2.40. The zero-order valence-corrected chi connectivity index (χ0v) is 21.8. The number of carbonyl (C=O) groups excluding carboxylic acids is 2. The third-order valence-corrected chi connectivity index (χ3v) is 6.16. The molecular formula is C33H32N2O3. The number of carbonyl (C=O) groups is 2. The van der Waals surface area contributed by atoms with Crippen LogP contribution in [-0.4, -0.2) is 19.0 Å². The van der Waals surface area contributed by atoms with Crippen molar-refractivity contribution in [2.75, 3.05) is 17.3 Å². The van der Waals surface area contributed by atoms with Crippen molar-refractivity contribution in [2.24, 2.45) is 0 Å². The first kappa shape index (κ1) is 26.4. The highest BCUT2D eigenvalue weighted by atomic mass is 16.5. The first-order valence-electron chi connectivity index (χ1n) is 12.7. The third kappa shape index (κ3) is 7.43. The van der Waals surface area contributed by atoms with Gasteiger partial charge in [0, 0.05) is 24.5 Å². The molecule has 0 spiro atoms. The molecule has 1 N–H and O–H groups in total. The van der Waals surface area contributed by atoms with Crippen LogP contribution >= 0.6 is 0 Å². The molecule has 4 aromatic rings. The summed E-state index contributed by atoms with van der Waals surface area (Å²) in [5.74, 6) is -0.385. The molecule has 0 aliphatic rings. The smallest absolute Gasteiger partial charge is 0.331 e. The summed E-state index contributed by atoms with van der Waals surface area (Å²) in [5, 5.41) is 2.96. The van der Waals surface area contributed by atoms with Crippen LogP contribution in [0.15, 0.2) is 109 Å². The van der Waals surface area contributed by atoms with E-state index in [4.69, 9.17) is 4.74 Å². The Labute approximate surface area is 224 Å². The minimum Gasteiger partial charge on any atom is -0.458 e. The lowest BCUT2D eigenvalue weighted by molar-refractivity contribution is -0.138. The van der Waals surface area contributed by atoms with Crippen molar-refractivity contribution in [1.29, 1.82) is 0 Å². The normalized spacial score (nSPS) is 10.8. The van der Waals surface area contributed by atoms with E-state index in [1.807, 2.05) is 103 Å². The van der Waals surface area contributed by atoms with Gasteiger partial charge in [0.15, 0.2) is 0 Å². The predicted molar refractivity (Wildman–Crippen MR) is 155 cm³/mol. The molecule has 2 amide bonds. The Bertz CT molecular complexity index is 1380. The van der Waals surface area contributed by atoms with E-state index >= 15 is 0 Å². The summed E-state index contributed by atoms with van der Waals surface area (Å²) < 4.78 is 5.29. The quantitative estimate of drug-likeness (QED) is 0.187. The molecule has 0 heterocycles. The standard InChI is InChI=1S/C33H32N2O3/c1-3-8-25-15-20-30(21-16-25)34-33(37)35(2)31-12-7-11-29(23-31)28-18-13-26(14-19-28)17-22-32(36)38-24-27-9-5-4-6-10-27/h4-7,9-23H,3,8,24H2,1-2H3,(H,34,37)/b22-17+. The van der Waals surface area contributed by atoms with E-state index < -0.39 is 0 Å². The summed E-state index contributed by atoms with van der Waals surface area (Å²) >= 11 is 0. The van der Waals surface area contributed by atoms with Crippen molar-refractivity contribution in [3.63, 3.8) is 0 Å². The number of rotatable bonds is 9. The van der Waals surface area contributed by atoms with E-state index in [0.29, 0.717) is 0 Å². The first-order valence-corrected chi connectivity index (χ1v) is 12.7. The fraction of sp³-hybridized carbons (Fsp3) is 0.152. The van der Waals surface area contributed by atoms with Gasteiger partial charge in [0.2, 0.25) is 0 Å². The summed E-state index contributed by atoms with van der Waals surface area (Å²) in [7, 11) is 1.75. The van der Waals surface area contributed by atoms with Crippen LogP contribution in [0.1, 0.15) is 30.0 Å². The monoisotopic (exact) mass is 504 g/mol. The highest BCUT2D eigenvalue weighted by Crippen LogP contribution is 2.25. The van der Waals surface area contributed by atoms with Crippen LogP contribution in [0.2, 0.25) is 0 Å². The SMILES string of the molecule is CCCc1ccc(NC(=O)N(C)c2cccc(-c3ccc(/C=C/C(=O)OCc4ccccc4)cc3)c2)cc1. The molecule has 0 aliphatic carbocycles. The number of benzene rings is 4. The second kappa shape index (κ2) is 13.1. The van der Waals surface area contributed by atoms with Crippen LogP contribution < -0.4 is 10.2 Å². The molecule has 0 unspecified atom stereocenters. The van der Waals surface area contributed by atoms with Crippen molar-refractivity contribution < 1.29 is 14.3 Å². The fourth-order valence-corrected chi connectivity index (χ4v) is 3.99. The number of hydrogen-bond acceptors (Lipinski definition) is 3. The maximum atomic E-state index is 12.8. The maximum absolute atomic E-state index is 12.8. The Morgan fingerprint density at radius 2 is 1.55 bits per heavy atom. The second-order valence-electron chi connectivity index (χ2n) is 9.04. The molecule has 4 rings (SSSR count). The van der Waals surface area contributed by atoms with Gasteiger partial charge in [-0.2, -0.15) is 0 Å². The molecule has 0 aromatic heterocycles. The zero-order valence-electron chi connectivity index (χ0n) is 21.8. The van der Waals surface area contributed by atoms with E-state index in [2.05, 4.69) is 12.2 Å². The lowest BCUT2D eigenvalue weighted by Gasteiger charge is -2.19. The van der Waals surface area contributed by atoms with Crippen LogP contribution in [0, 0.1) is 0 Å². The topological polar surface area (TPSA) is 58.6 Å². The Hall–Kier alpha value is -4.64. The first-order chi connectivity index (χ1) is 18.5. The number of esters is 1. The van der Waals surface area contributed by atoms with E-state index in [1.54, 1.807) is 18.0 Å². The minimum absolute atomic E-state index is 0.204. The van der Waals surface area contributed by atoms with E-state index in [-0.39, 0.29) is 18.6 Å². The predicted octanol–water partition coefficient (Wildman–Crippen LogP) is 7.73. The number of nitrogens with one attached hydrogen (secondary N) is 1.